The van der Waals surface area contributed by atoms with Gasteiger partial charge in [-0.15, -0.1) is 0 Å². The average molecular weight is 172 g/mol. The fourth-order valence-electron chi connectivity index (χ4n) is 2.06. The Morgan fingerprint density at radius 1 is 1.15 bits per heavy atom. The van der Waals surface area contributed by atoms with E-state index in [9.17, 15) is 0 Å². The van der Waals surface area contributed by atoms with Gasteiger partial charge in [0.05, 0.1) is 0 Å². The third-order valence-electron chi connectivity index (χ3n) is 2.91. The summed E-state index contributed by atoms with van der Waals surface area (Å²) >= 11 is 0. The third-order valence-corrected chi connectivity index (χ3v) is 2.91. The topological polar surface area (TPSA) is 0 Å². The van der Waals surface area contributed by atoms with Gasteiger partial charge in [-0.1, -0.05) is 43.7 Å². The third kappa shape index (κ3) is 1.41. The van der Waals surface area contributed by atoms with E-state index in [4.69, 9.17) is 0 Å². The van der Waals surface area contributed by atoms with Crippen LogP contribution in [0, 0.1) is 0 Å². The molecule has 1 aromatic rings. The molecule has 0 N–H and O–H groups in total. The van der Waals surface area contributed by atoms with E-state index in [0.717, 1.165) is 6.42 Å². The van der Waals surface area contributed by atoms with Crippen molar-refractivity contribution in [2.75, 3.05) is 0 Å². The smallest absolute Gasteiger partial charge is 0.00552 e. The van der Waals surface area contributed by atoms with Crippen molar-refractivity contribution >= 4 is 6.08 Å². The standard InChI is InChI=1S/C13H16/c1-3-10-8-12-7-5-6-11(4-2)13(12)9-10/h5-8H,3-4,9H2,1-2H3. The van der Waals surface area contributed by atoms with E-state index >= 15 is 0 Å². The van der Waals surface area contributed by atoms with Crippen molar-refractivity contribution in [3.05, 3.63) is 40.5 Å². The molecule has 1 aromatic carbocycles. The lowest BCUT2D eigenvalue weighted by atomic mass is 10.00. The van der Waals surface area contributed by atoms with Crippen LogP contribution in [0.5, 0.6) is 0 Å². The first kappa shape index (κ1) is 8.55. The van der Waals surface area contributed by atoms with Crippen molar-refractivity contribution < 1.29 is 0 Å². The molecule has 0 bridgehead atoms. The molecule has 1 aliphatic carbocycles. The Hall–Kier alpha value is -1.04. The highest BCUT2D eigenvalue weighted by molar-refractivity contribution is 5.65. The molecule has 2 rings (SSSR count). The van der Waals surface area contributed by atoms with Crippen LogP contribution in [-0.4, -0.2) is 0 Å². The summed E-state index contributed by atoms with van der Waals surface area (Å²) in [6, 6.07) is 6.66. The van der Waals surface area contributed by atoms with Crippen LogP contribution < -0.4 is 0 Å². The molecule has 13 heavy (non-hydrogen) atoms. The molecular formula is C13H16. The van der Waals surface area contributed by atoms with E-state index in [2.05, 4.69) is 38.1 Å². The van der Waals surface area contributed by atoms with Gasteiger partial charge in [0.1, 0.15) is 0 Å². The summed E-state index contributed by atoms with van der Waals surface area (Å²) in [5, 5.41) is 0. The van der Waals surface area contributed by atoms with Crippen LogP contribution in [0.4, 0.5) is 0 Å². The zero-order chi connectivity index (χ0) is 9.26. The molecular weight excluding hydrogens is 156 g/mol. The van der Waals surface area contributed by atoms with Crippen molar-refractivity contribution in [1.29, 1.82) is 0 Å². The molecule has 0 radical (unpaired) electrons. The predicted octanol–water partition coefficient (Wildman–Crippen LogP) is 3.60. The summed E-state index contributed by atoms with van der Waals surface area (Å²) in [6.45, 7) is 4.48. The minimum absolute atomic E-state index is 1.16. The second-order valence-electron chi connectivity index (χ2n) is 3.67. The summed E-state index contributed by atoms with van der Waals surface area (Å²) in [5.41, 5.74) is 6.13. The van der Waals surface area contributed by atoms with Crippen LogP contribution in [0.15, 0.2) is 23.8 Å². The van der Waals surface area contributed by atoms with Gasteiger partial charge in [-0.25, -0.2) is 0 Å². The van der Waals surface area contributed by atoms with Crippen molar-refractivity contribution in [3.63, 3.8) is 0 Å². The van der Waals surface area contributed by atoms with E-state index in [0.29, 0.717) is 0 Å². The van der Waals surface area contributed by atoms with Gasteiger partial charge >= 0.3 is 0 Å². The molecule has 0 saturated carbocycles. The second-order valence-corrected chi connectivity index (χ2v) is 3.67. The SMILES string of the molecule is CCC1=Cc2cccc(CC)c2C1. The molecule has 0 spiro atoms. The number of allylic oxidation sites excluding steroid dienone is 1. The van der Waals surface area contributed by atoms with Crippen molar-refractivity contribution in [2.45, 2.75) is 33.1 Å². The number of hydrogen-bond donors (Lipinski definition) is 0. The maximum absolute atomic E-state index is 2.36. The van der Waals surface area contributed by atoms with Gasteiger partial charge in [-0.3, -0.25) is 0 Å². The van der Waals surface area contributed by atoms with Gasteiger partial charge in [0.15, 0.2) is 0 Å². The van der Waals surface area contributed by atoms with E-state index in [1.807, 2.05) is 0 Å². The molecule has 0 saturated heterocycles. The first-order valence-electron chi connectivity index (χ1n) is 5.15. The van der Waals surface area contributed by atoms with Crippen LogP contribution in [0.2, 0.25) is 0 Å². The summed E-state index contributed by atoms with van der Waals surface area (Å²) in [5.74, 6) is 0. The molecule has 0 fully saturated rings. The lowest BCUT2D eigenvalue weighted by Crippen LogP contribution is -1.91. The van der Waals surface area contributed by atoms with E-state index in [-0.39, 0.29) is 0 Å². The number of aryl methyl sites for hydroxylation is 1. The molecule has 1 aliphatic rings. The summed E-state index contributed by atoms with van der Waals surface area (Å²) in [4.78, 5) is 0. The fourth-order valence-corrected chi connectivity index (χ4v) is 2.06. The quantitative estimate of drug-likeness (QED) is 0.639. The number of benzene rings is 1. The van der Waals surface area contributed by atoms with Crippen LogP contribution in [0.3, 0.4) is 0 Å². The zero-order valence-electron chi connectivity index (χ0n) is 8.43. The van der Waals surface area contributed by atoms with E-state index in [1.165, 1.54) is 24.0 Å². The van der Waals surface area contributed by atoms with Crippen LogP contribution in [0.25, 0.3) is 6.08 Å². The van der Waals surface area contributed by atoms with Gasteiger partial charge in [0, 0.05) is 0 Å². The average Bonchev–Trinajstić information content (AvgIpc) is 2.59. The molecule has 0 heterocycles. The Bertz CT molecular complexity index is 345. The summed E-state index contributed by atoms with van der Waals surface area (Å²) in [6.07, 6.45) is 5.90. The van der Waals surface area contributed by atoms with Gasteiger partial charge in [0.2, 0.25) is 0 Å². The first-order chi connectivity index (χ1) is 6.35. The van der Waals surface area contributed by atoms with Gasteiger partial charge in [-0.05, 0) is 36.0 Å². The lowest BCUT2D eigenvalue weighted by Gasteiger charge is -2.05. The number of fused-ring (bicyclic) bond motifs is 1. The van der Waals surface area contributed by atoms with Gasteiger partial charge in [0.25, 0.3) is 0 Å². The normalized spacial score (nSPS) is 14.2. The highest BCUT2D eigenvalue weighted by Crippen LogP contribution is 2.29. The monoisotopic (exact) mass is 172 g/mol. The molecule has 0 nitrogen and oxygen atoms in total. The Morgan fingerprint density at radius 2 is 2.00 bits per heavy atom. The Labute approximate surface area is 80.3 Å². The molecule has 0 amide bonds. The Morgan fingerprint density at radius 3 is 2.69 bits per heavy atom. The van der Waals surface area contributed by atoms with Crippen molar-refractivity contribution in [2.24, 2.45) is 0 Å². The van der Waals surface area contributed by atoms with Crippen LogP contribution in [-0.2, 0) is 12.8 Å². The first-order valence-corrected chi connectivity index (χ1v) is 5.15. The molecule has 0 aliphatic heterocycles. The van der Waals surface area contributed by atoms with Crippen LogP contribution in [0.1, 0.15) is 37.0 Å². The van der Waals surface area contributed by atoms with Crippen LogP contribution >= 0.6 is 0 Å². The summed E-state index contributed by atoms with van der Waals surface area (Å²) < 4.78 is 0. The Kier molecular flexibility index (Phi) is 2.22. The van der Waals surface area contributed by atoms with E-state index < -0.39 is 0 Å². The number of rotatable bonds is 2. The molecule has 68 valence electrons. The largest absolute Gasteiger partial charge is 0.0655 e. The van der Waals surface area contributed by atoms with Crippen molar-refractivity contribution in [1.82, 2.24) is 0 Å². The number of hydrogen-bond acceptors (Lipinski definition) is 0. The lowest BCUT2D eigenvalue weighted by molar-refractivity contribution is 1.01. The minimum Gasteiger partial charge on any atom is -0.0655 e. The van der Waals surface area contributed by atoms with Crippen molar-refractivity contribution in [3.8, 4) is 0 Å². The maximum Gasteiger partial charge on any atom is -0.00552 e. The summed E-state index contributed by atoms with van der Waals surface area (Å²) in [7, 11) is 0. The second kappa shape index (κ2) is 3.37. The van der Waals surface area contributed by atoms with E-state index in [1.54, 1.807) is 11.1 Å². The van der Waals surface area contributed by atoms with Gasteiger partial charge < -0.3 is 0 Å². The molecule has 0 aromatic heterocycles. The minimum atomic E-state index is 1.16. The fraction of sp³-hybridized carbons (Fsp3) is 0.385. The zero-order valence-corrected chi connectivity index (χ0v) is 8.43. The molecule has 0 heteroatoms. The Balaban J connectivity index is 2.41. The highest BCUT2D eigenvalue weighted by Gasteiger charge is 2.13. The molecule has 0 atom stereocenters. The predicted molar refractivity (Wildman–Crippen MR) is 57.8 cm³/mol. The maximum atomic E-state index is 2.36. The van der Waals surface area contributed by atoms with Gasteiger partial charge in [-0.2, -0.15) is 0 Å². The molecule has 0 unspecified atom stereocenters. The highest BCUT2D eigenvalue weighted by atomic mass is 14.2.